The Bertz CT molecular complexity index is 4290. The number of benzene rings is 12. The van der Waals surface area contributed by atoms with Crippen LogP contribution in [0.3, 0.4) is 0 Å². The number of hydrogen-bond acceptors (Lipinski definition) is 6. The number of fused-ring (bicyclic) bond motifs is 10. The SMILES string of the molecule is c1ccc2c(-c3cc(-c4cccc5ccccc45)nc(-c4cc(-c5nc(-c6cccc7ccccc67)cc(-c6cccc7ccccc67)n5)cc(-c5nc6c7ccccc7c7ccccc7c6o5)c4)n3)cccc2c1. The van der Waals surface area contributed by atoms with Crippen molar-refractivity contribution < 1.29 is 4.42 Å². The maximum absolute atomic E-state index is 7.03. The van der Waals surface area contributed by atoms with E-state index < -0.39 is 0 Å². The summed E-state index contributed by atoms with van der Waals surface area (Å²) in [5.74, 6) is 1.55. The van der Waals surface area contributed by atoms with Crippen LogP contribution in [-0.4, -0.2) is 24.9 Å². The molecule has 3 heterocycles. The van der Waals surface area contributed by atoms with Crippen molar-refractivity contribution in [2.45, 2.75) is 0 Å². The Morgan fingerprint density at radius 2 is 0.547 bits per heavy atom. The van der Waals surface area contributed by atoms with Crippen LogP contribution >= 0.6 is 0 Å². The lowest BCUT2D eigenvalue weighted by atomic mass is 9.97. The van der Waals surface area contributed by atoms with E-state index in [0.29, 0.717) is 17.5 Å². The van der Waals surface area contributed by atoms with Gasteiger partial charge < -0.3 is 4.42 Å². The van der Waals surface area contributed by atoms with E-state index in [1.807, 2.05) is 0 Å². The molecular weight excluding hydrogens is 915 g/mol. The summed E-state index contributed by atoms with van der Waals surface area (Å²) in [6.45, 7) is 0. The van der Waals surface area contributed by atoms with Crippen LogP contribution < -0.4 is 0 Å². The number of rotatable bonds is 7. The highest BCUT2D eigenvalue weighted by molar-refractivity contribution is 6.23. The average molecular weight is 956 g/mol. The average Bonchev–Trinajstić information content (AvgIpc) is 3.95. The van der Waals surface area contributed by atoms with Gasteiger partial charge in [0, 0.05) is 49.7 Å². The summed E-state index contributed by atoms with van der Waals surface area (Å²) in [7, 11) is 0. The second-order valence-electron chi connectivity index (χ2n) is 19.1. The van der Waals surface area contributed by atoms with Crippen LogP contribution in [0.25, 0.3) is 155 Å². The zero-order chi connectivity index (χ0) is 49.4. The smallest absolute Gasteiger partial charge is 0.227 e. The maximum Gasteiger partial charge on any atom is 0.227 e. The van der Waals surface area contributed by atoms with Gasteiger partial charge >= 0.3 is 0 Å². The first-order chi connectivity index (χ1) is 37.1. The lowest BCUT2D eigenvalue weighted by molar-refractivity contribution is 0.623. The van der Waals surface area contributed by atoms with Gasteiger partial charge in [-0.3, -0.25) is 0 Å². The van der Waals surface area contributed by atoms with Crippen LogP contribution in [0.2, 0.25) is 0 Å². The van der Waals surface area contributed by atoms with Crippen molar-refractivity contribution >= 4 is 75.7 Å². The van der Waals surface area contributed by atoms with E-state index in [4.69, 9.17) is 29.3 Å². The number of hydrogen-bond donors (Lipinski definition) is 0. The molecule has 0 fully saturated rings. The third kappa shape index (κ3) is 7.22. The number of oxazole rings is 1. The zero-order valence-electron chi connectivity index (χ0n) is 40.3. The van der Waals surface area contributed by atoms with E-state index in [2.05, 4.69) is 249 Å². The maximum atomic E-state index is 7.03. The first-order valence-corrected chi connectivity index (χ1v) is 25.2. The number of nitrogens with zero attached hydrogens (tertiary/aromatic N) is 5. The van der Waals surface area contributed by atoms with Crippen LogP contribution in [0.1, 0.15) is 0 Å². The highest BCUT2D eigenvalue weighted by atomic mass is 16.3. The summed E-state index contributed by atoms with van der Waals surface area (Å²) in [5, 5.41) is 13.2. The predicted octanol–water partition coefficient (Wildman–Crippen LogP) is 18.0. The van der Waals surface area contributed by atoms with Crippen molar-refractivity contribution in [3.63, 3.8) is 0 Å². The first kappa shape index (κ1) is 42.5. The molecule has 15 aromatic rings. The largest absolute Gasteiger partial charge is 0.435 e. The molecular formula is C69H41N5O. The molecule has 0 aliphatic rings. The Labute approximate surface area is 430 Å². The molecule has 3 aromatic heterocycles. The molecule has 0 saturated heterocycles. The van der Waals surface area contributed by atoms with E-state index in [0.717, 1.165) is 137 Å². The molecule has 0 bridgehead atoms. The van der Waals surface area contributed by atoms with E-state index >= 15 is 0 Å². The van der Waals surface area contributed by atoms with Gasteiger partial charge in [-0.2, -0.15) is 0 Å². The second-order valence-corrected chi connectivity index (χ2v) is 19.1. The molecule has 348 valence electrons. The molecule has 0 saturated carbocycles. The van der Waals surface area contributed by atoms with Crippen molar-refractivity contribution in [2.75, 3.05) is 0 Å². The van der Waals surface area contributed by atoms with Crippen LogP contribution in [-0.2, 0) is 0 Å². The number of aromatic nitrogens is 5. The van der Waals surface area contributed by atoms with E-state index in [1.54, 1.807) is 0 Å². The topological polar surface area (TPSA) is 77.6 Å². The minimum absolute atomic E-state index is 0.466. The summed E-state index contributed by atoms with van der Waals surface area (Å²) in [4.78, 5) is 27.5. The summed E-state index contributed by atoms with van der Waals surface area (Å²) in [5.41, 5.74) is 11.0. The van der Waals surface area contributed by atoms with Gasteiger partial charge in [-0.15, -0.1) is 0 Å². The summed E-state index contributed by atoms with van der Waals surface area (Å²) in [6, 6.07) is 86.9. The summed E-state index contributed by atoms with van der Waals surface area (Å²) < 4.78 is 7.03. The van der Waals surface area contributed by atoms with Gasteiger partial charge in [-0.05, 0) is 84.2 Å². The van der Waals surface area contributed by atoms with Crippen molar-refractivity contribution in [1.82, 2.24) is 24.9 Å². The third-order valence-corrected chi connectivity index (χ3v) is 14.7. The summed E-state index contributed by atoms with van der Waals surface area (Å²) >= 11 is 0. The Morgan fingerprint density at radius 3 is 0.947 bits per heavy atom. The highest BCUT2D eigenvalue weighted by Crippen LogP contribution is 2.42. The van der Waals surface area contributed by atoms with Gasteiger partial charge in [0.15, 0.2) is 17.2 Å². The third-order valence-electron chi connectivity index (χ3n) is 14.7. The van der Waals surface area contributed by atoms with Crippen LogP contribution in [0.5, 0.6) is 0 Å². The molecule has 0 spiro atoms. The summed E-state index contributed by atoms with van der Waals surface area (Å²) in [6.07, 6.45) is 0. The normalized spacial score (nSPS) is 11.7. The van der Waals surface area contributed by atoms with Gasteiger partial charge in [0.25, 0.3) is 0 Å². The molecule has 0 aliphatic carbocycles. The van der Waals surface area contributed by atoms with Crippen molar-refractivity contribution in [3.8, 4) is 79.3 Å². The first-order valence-electron chi connectivity index (χ1n) is 25.2. The van der Waals surface area contributed by atoms with Gasteiger partial charge in [0.05, 0.1) is 22.8 Å². The highest BCUT2D eigenvalue weighted by Gasteiger charge is 2.22. The van der Waals surface area contributed by atoms with Gasteiger partial charge in [-0.1, -0.05) is 218 Å². The predicted molar refractivity (Wildman–Crippen MR) is 308 cm³/mol. The zero-order valence-corrected chi connectivity index (χ0v) is 40.3. The fourth-order valence-corrected chi connectivity index (χ4v) is 11.2. The van der Waals surface area contributed by atoms with E-state index in [1.165, 1.54) is 0 Å². The second kappa shape index (κ2) is 17.3. The van der Waals surface area contributed by atoms with Gasteiger partial charge in [-0.25, -0.2) is 24.9 Å². The van der Waals surface area contributed by atoms with E-state index in [-0.39, 0.29) is 0 Å². The van der Waals surface area contributed by atoms with Crippen molar-refractivity contribution in [2.24, 2.45) is 0 Å². The van der Waals surface area contributed by atoms with Crippen LogP contribution in [0, 0.1) is 0 Å². The molecule has 6 nitrogen and oxygen atoms in total. The van der Waals surface area contributed by atoms with Crippen LogP contribution in [0.4, 0.5) is 0 Å². The monoisotopic (exact) mass is 955 g/mol. The van der Waals surface area contributed by atoms with Crippen LogP contribution in [0.15, 0.2) is 253 Å². The molecule has 6 heteroatoms. The molecule has 0 N–H and O–H groups in total. The molecule has 0 atom stereocenters. The van der Waals surface area contributed by atoms with Gasteiger partial charge in [0.1, 0.15) is 5.52 Å². The fraction of sp³-hybridized carbons (Fsp3) is 0. The van der Waals surface area contributed by atoms with E-state index in [9.17, 15) is 0 Å². The molecule has 12 aromatic carbocycles. The van der Waals surface area contributed by atoms with Gasteiger partial charge in [0.2, 0.25) is 5.89 Å². The molecule has 0 unspecified atom stereocenters. The standard InChI is InChI=1S/C69H41N5O/c1-5-25-49-42(17-1)21-13-33-55(49)61-40-62(56-34-14-22-43-18-2-6-26-50(43)56)71-67(70-61)46-37-47(39-48(38-46)69-74-65-59-31-11-9-29-53(59)54-30-10-12-32-60(54)66(65)75-69)68-72-63(57-35-15-23-44-19-3-7-27-51(44)57)41-64(73-68)58-36-16-24-45-20-4-8-28-52(45)58/h1-41H. The minimum Gasteiger partial charge on any atom is -0.435 e. The Balaban J connectivity index is 1.03. The molecule has 15 rings (SSSR count). The molecule has 0 radical (unpaired) electrons. The quantitative estimate of drug-likeness (QED) is 0.148. The van der Waals surface area contributed by atoms with Crippen molar-refractivity contribution in [3.05, 3.63) is 249 Å². The molecule has 0 amide bonds. The molecule has 0 aliphatic heterocycles. The Kier molecular flexibility index (Phi) is 9.78. The lowest BCUT2D eigenvalue weighted by Crippen LogP contribution is -2.00. The Morgan fingerprint density at radius 1 is 0.240 bits per heavy atom. The lowest BCUT2D eigenvalue weighted by Gasteiger charge is -2.15. The molecule has 75 heavy (non-hydrogen) atoms. The Hall–Kier alpha value is -10.2. The fourth-order valence-electron chi connectivity index (χ4n) is 11.2. The minimum atomic E-state index is 0.466. The van der Waals surface area contributed by atoms with Crippen molar-refractivity contribution in [1.29, 1.82) is 0 Å².